The molecule has 0 aliphatic carbocycles. The zero-order valence-electron chi connectivity index (χ0n) is 9.22. The van der Waals surface area contributed by atoms with E-state index in [1.54, 1.807) is 6.92 Å². The highest BCUT2D eigenvalue weighted by atomic mass is 19.2. The molecule has 0 fully saturated rings. The van der Waals surface area contributed by atoms with E-state index in [2.05, 4.69) is 0 Å². The van der Waals surface area contributed by atoms with Crippen molar-refractivity contribution in [2.45, 2.75) is 32.8 Å². The summed E-state index contributed by atoms with van der Waals surface area (Å²) in [6.45, 7) is 5.54. The first-order valence-electron chi connectivity index (χ1n) is 5.01. The van der Waals surface area contributed by atoms with Crippen LogP contribution in [0.1, 0.15) is 32.8 Å². The van der Waals surface area contributed by atoms with Gasteiger partial charge in [0, 0.05) is 0 Å². The smallest absolute Gasteiger partial charge is 0.159 e. The van der Waals surface area contributed by atoms with Gasteiger partial charge in [-0.05, 0) is 37.0 Å². The molecule has 3 heteroatoms. The van der Waals surface area contributed by atoms with Crippen LogP contribution >= 0.6 is 0 Å². The molecule has 0 spiro atoms. The maximum Gasteiger partial charge on any atom is 0.159 e. The SMILES string of the molecule is CC(C)CC(C)(O)c1ccc(F)c(F)c1. The van der Waals surface area contributed by atoms with Gasteiger partial charge in [-0.25, -0.2) is 8.78 Å². The summed E-state index contributed by atoms with van der Waals surface area (Å²) >= 11 is 0. The summed E-state index contributed by atoms with van der Waals surface area (Å²) in [5.74, 6) is -1.52. The van der Waals surface area contributed by atoms with E-state index in [1.165, 1.54) is 6.07 Å². The number of halogens is 2. The van der Waals surface area contributed by atoms with E-state index in [0.717, 1.165) is 12.1 Å². The van der Waals surface area contributed by atoms with Crippen LogP contribution in [-0.2, 0) is 5.60 Å². The predicted molar refractivity (Wildman–Crippen MR) is 55.4 cm³/mol. The van der Waals surface area contributed by atoms with Gasteiger partial charge in [0.25, 0.3) is 0 Å². The quantitative estimate of drug-likeness (QED) is 0.819. The molecule has 1 unspecified atom stereocenters. The van der Waals surface area contributed by atoms with Gasteiger partial charge in [0.05, 0.1) is 5.60 Å². The van der Waals surface area contributed by atoms with Crippen molar-refractivity contribution < 1.29 is 13.9 Å². The second-order valence-electron chi connectivity index (χ2n) is 4.50. The zero-order chi connectivity index (χ0) is 11.6. The number of hydrogen-bond donors (Lipinski definition) is 1. The van der Waals surface area contributed by atoms with Gasteiger partial charge in [-0.1, -0.05) is 19.9 Å². The van der Waals surface area contributed by atoms with Crippen molar-refractivity contribution in [2.75, 3.05) is 0 Å². The Balaban J connectivity index is 2.99. The molecule has 0 radical (unpaired) electrons. The molecule has 0 amide bonds. The van der Waals surface area contributed by atoms with Crippen LogP contribution in [0, 0.1) is 17.6 Å². The molecule has 1 aromatic carbocycles. The molecule has 0 heterocycles. The lowest BCUT2D eigenvalue weighted by Gasteiger charge is -2.25. The van der Waals surface area contributed by atoms with E-state index in [1.807, 2.05) is 13.8 Å². The summed E-state index contributed by atoms with van der Waals surface area (Å²) in [5, 5.41) is 10.1. The minimum atomic E-state index is -1.11. The van der Waals surface area contributed by atoms with Gasteiger partial charge in [-0.2, -0.15) is 0 Å². The maximum absolute atomic E-state index is 13.0. The second-order valence-corrected chi connectivity index (χ2v) is 4.50. The van der Waals surface area contributed by atoms with Gasteiger partial charge >= 0.3 is 0 Å². The van der Waals surface area contributed by atoms with E-state index in [0.29, 0.717) is 12.0 Å². The summed E-state index contributed by atoms with van der Waals surface area (Å²) < 4.78 is 25.7. The van der Waals surface area contributed by atoms with Crippen molar-refractivity contribution in [2.24, 2.45) is 5.92 Å². The Bertz CT molecular complexity index is 345. The van der Waals surface area contributed by atoms with Crippen LogP contribution in [0.2, 0.25) is 0 Å². The number of rotatable bonds is 3. The molecule has 15 heavy (non-hydrogen) atoms. The first-order valence-corrected chi connectivity index (χ1v) is 5.01. The van der Waals surface area contributed by atoms with Crippen LogP contribution in [0.3, 0.4) is 0 Å². The molecule has 0 aliphatic rings. The van der Waals surface area contributed by atoms with E-state index in [9.17, 15) is 13.9 Å². The fourth-order valence-electron chi connectivity index (χ4n) is 1.74. The summed E-state index contributed by atoms with van der Waals surface area (Å²) in [5.41, 5.74) is -0.696. The third kappa shape index (κ3) is 2.99. The maximum atomic E-state index is 13.0. The number of aliphatic hydroxyl groups is 1. The molecule has 1 aromatic rings. The Kier molecular flexibility index (Phi) is 3.45. The fourth-order valence-corrected chi connectivity index (χ4v) is 1.74. The monoisotopic (exact) mass is 214 g/mol. The largest absolute Gasteiger partial charge is 0.385 e. The van der Waals surface area contributed by atoms with E-state index in [4.69, 9.17) is 0 Å². The highest BCUT2D eigenvalue weighted by Crippen LogP contribution is 2.28. The van der Waals surface area contributed by atoms with Gasteiger partial charge in [0.2, 0.25) is 0 Å². The summed E-state index contributed by atoms with van der Waals surface area (Å²) in [6, 6.07) is 3.51. The van der Waals surface area contributed by atoms with Gasteiger partial charge in [0.15, 0.2) is 11.6 Å². The fraction of sp³-hybridized carbons (Fsp3) is 0.500. The summed E-state index contributed by atoms with van der Waals surface area (Å²) in [4.78, 5) is 0. The Morgan fingerprint density at radius 2 is 1.87 bits per heavy atom. The Hall–Kier alpha value is -0.960. The van der Waals surface area contributed by atoms with Gasteiger partial charge in [0.1, 0.15) is 0 Å². The van der Waals surface area contributed by atoms with Gasteiger partial charge < -0.3 is 5.11 Å². The second kappa shape index (κ2) is 4.27. The van der Waals surface area contributed by atoms with Crippen molar-refractivity contribution in [3.8, 4) is 0 Å². The predicted octanol–water partition coefficient (Wildman–Crippen LogP) is 3.22. The molecule has 1 rings (SSSR count). The lowest BCUT2D eigenvalue weighted by atomic mass is 9.87. The highest BCUT2D eigenvalue weighted by Gasteiger charge is 2.25. The van der Waals surface area contributed by atoms with Crippen LogP contribution in [0.15, 0.2) is 18.2 Å². The topological polar surface area (TPSA) is 20.2 Å². The first-order chi connectivity index (χ1) is 6.83. The normalized spacial score (nSPS) is 15.4. The molecule has 0 bridgehead atoms. The van der Waals surface area contributed by atoms with Crippen LogP contribution in [-0.4, -0.2) is 5.11 Å². The van der Waals surface area contributed by atoms with Crippen molar-refractivity contribution in [3.63, 3.8) is 0 Å². The molecule has 0 aromatic heterocycles. The molecule has 0 saturated carbocycles. The Morgan fingerprint density at radius 3 is 2.33 bits per heavy atom. The molecular weight excluding hydrogens is 198 g/mol. The van der Waals surface area contributed by atoms with E-state index < -0.39 is 17.2 Å². The molecule has 1 nitrogen and oxygen atoms in total. The molecule has 84 valence electrons. The third-order valence-electron chi connectivity index (χ3n) is 2.35. The Morgan fingerprint density at radius 1 is 1.27 bits per heavy atom. The first kappa shape index (κ1) is 12.1. The molecular formula is C12H16F2O. The van der Waals surface area contributed by atoms with Crippen LogP contribution in [0.5, 0.6) is 0 Å². The summed E-state index contributed by atoms with van der Waals surface area (Å²) in [6.07, 6.45) is 0.512. The van der Waals surface area contributed by atoms with Crippen molar-refractivity contribution in [3.05, 3.63) is 35.4 Å². The highest BCUT2D eigenvalue weighted by molar-refractivity contribution is 5.23. The molecule has 0 aliphatic heterocycles. The minimum absolute atomic E-state index is 0.285. The lowest BCUT2D eigenvalue weighted by Crippen LogP contribution is -2.23. The van der Waals surface area contributed by atoms with Crippen LogP contribution in [0.25, 0.3) is 0 Å². The average Bonchev–Trinajstić information content (AvgIpc) is 2.07. The zero-order valence-corrected chi connectivity index (χ0v) is 9.22. The van der Waals surface area contributed by atoms with E-state index >= 15 is 0 Å². The third-order valence-corrected chi connectivity index (χ3v) is 2.35. The lowest BCUT2D eigenvalue weighted by molar-refractivity contribution is 0.0345. The van der Waals surface area contributed by atoms with Crippen molar-refractivity contribution >= 4 is 0 Å². The molecule has 0 saturated heterocycles. The van der Waals surface area contributed by atoms with E-state index in [-0.39, 0.29) is 5.92 Å². The van der Waals surface area contributed by atoms with Crippen molar-refractivity contribution in [1.82, 2.24) is 0 Å². The Labute approximate surface area is 88.7 Å². The molecule has 1 atom stereocenters. The van der Waals surface area contributed by atoms with Crippen LogP contribution < -0.4 is 0 Å². The number of benzene rings is 1. The van der Waals surface area contributed by atoms with Crippen molar-refractivity contribution in [1.29, 1.82) is 0 Å². The average molecular weight is 214 g/mol. The van der Waals surface area contributed by atoms with Gasteiger partial charge in [-0.3, -0.25) is 0 Å². The van der Waals surface area contributed by atoms with Gasteiger partial charge in [-0.15, -0.1) is 0 Å². The standard InChI is InChI=1S/C12H16F2O/c1-8(2)7-12(3,15)9-4-5-10(13)11(14)6-9/h4-6,8,15H,7H2,1-3H3. The summed E-state index contributed by atoms with van der Waals surface area (Å²) in [7, 11) is 0. The number of hydrogen-bond acceptors (Lipinski definition) is 1. The molecule has 1 N–H and O–H groups in total. The minimum Gasteiger partial charge on any atom is -0.385 e. The van der Waals surface area contributed by atoms with Crippen LogP contribution in [0.4, 0.5) is 8.78 Å².